The number of pyridine rings is 2. The van der Waals surface area contributed by atoms with Crippen molar-refractivity contribution >= 4 is 17.5 Å². The minimum atomic E-state index is -4.50. The largest absolute Gasteiger partial charge is 0.437 e. The van der Waals surface area contributed by atoms with Crippen molar-refractivity contribution < 1.29 is 23.0 Å². The SMILES string of the molecule is Cc1cc(CNc2nc3c4c(n2)N(C)[C@@H](C)C(O)N4CCC3)cnc1Oc1ccc(C(F)(F)F)nc1. The number of aromatic nitrogens is 4. The summed E-state index contributed by atoms with van der Waals surface area (Å²) in [4.78, 5) is 21.1. The number of rotatable bonds is 5. The smallest absolute Gasteiger partial charge is 0.433 e. The number of nitrogens with one attached hydrogen (secondary N) is 1. The molecule has 0 saturated carbocycles. The molecule has 2 aliphatic rings. The molecule has 0 spiro atoms. The Balaban J connectivity index is 1.29. The van der Waals surface area contributed by atoms with Gasteiger partial charge in [0.05, 0.1) is 17.9 Å². The van der Waals surface area contributed by atoms with E-state index in [1.54, 1.807) is 13.1 Å². The molecule has 9 nitrogen and oxygen atoms in total. The van der Waals surface area contributed by atoms with E-state index in [4.69, 9.17) is 14.7 Å². The van der Waals surface area contributed by atoms with E-state index in [0.717, 1.165) is 54.4 Å². The minimum absolute atomic E-state index is 0.106. The van der Waals surface area contributed by atoms with Gasteiger partial charge in [-0.25, -0.2) is 15.0 Å². The van der Waals surface area contributed by atoms with Gasteiger partial charge >= 0.3 is 6.18 Å². The molecule has 3 aromatic heterocycles. The van der Waals surface area contributed by atoms with Crippen molar-refractivity contribution in [2.75, 3.05) is 28.7 Å². The van der Waals surface area contributed by atoms with Gasteiger partial charge in [0.15, 0.2) is 5.82 Å². The van der Waals surface area contributed by atoms with Gasteiger partial charge in [-0.15, -0.1) is 0 Å². The standard InChI is InChI=1S/C24H26F3N7O2/c1-13-9-15(10-29-21(13)36-16-6-7-18(28-12-16)24(25,26)27)11-30-23-31-17-5-4-8-34-19(17)20(32-23)33(3)14(2)22(34)35/h6-7,9-10,12,14,22,35H,4-5,8,11H2,1-3H3,(H,30,31,32)/t14-,22?/m0/s1. The van der Waals surface area contributed by atoms with Gasteiger partial charge < -0.3 is 25.0 Å². The zero-order valence-electron chi connectivity index (χ0n) is 20.0. The van der Waals surface area contributed by atoms with Gasteiger partial charge in [-0.3, -0.25) is 0 Å². The molecule has 3 aromatic rings. The lowest BCUT2D eigenvalue weighted by atomic mass is 10.0. The average Bonchev–Trinajstić information content (AvgIpc) is 2.85. The van der Waals surface area contributed by atoms with E-state index in [-0.39, 0.29) is 17.7 Å². The van der Waals surface area contributed by atoms with Crippen LogP contribution in [0.1, 0.15) is 35.9 Å². The summed E-state index contributed by atoms with van der Waals surface area (Å²) < 4.78 is 43.7. The summed E-state index contributed by atoms with van der Waals surface area (Å²) in [6.07, 6.45) is -0.725. The number of anilines is 3. The Morgan fingerprint density at radius 2 is 2.00 bits per heavy atom. The molecular weight excluding hydrogens is 475 g/mol. The molecule has 1 unspecified atom stereocenters. The second kappa shape index (κ2) is 9.08. The lowest BCUT2D eigenvalue weighted by Crippen LogP contribution is -2.56. The Morgan fingerprint density at radius 1 is 1.19 bits per heavy atom. The highest BCUT2D eigenvalue weighted by molar-refractivity contribution is 5.75. The number of halogens is 3. The van der Waals surface area contributed by atoms with Crippen molar-refractivity contribution in [2.45, 2.75) is 51.7 Å². The maximum absolute atomic E-state index is 12.7. The third-order valence-electron chi connectivity index (χ3n) is 6.51. The number of hydrogen-bond acceptors (Lipinski definition) is 9. The number of hydrogen-bond donors (Lipinski definition) is 2. The fraction of sp³-hybridized carbons (Fsp3) is 0.417. The van der Waals surface area contributed by atoms with E-state index < -0.39 is 18.1 Å². The van der Waals surface area contributed by atoms with Crippen molar-refractivity contribution in [3.8, 4) is 11.6 Å². The first-order chi connectivity index (χ1) is 17.1. The second-order valence-corrected chi connectivity index (χ2v) is 9.03. The molecule has 2 N–H and O–H groups in total. The molecule has 0 aliphatic carbocycles. The van der Waals surface area contributed by atoms with Crippen LogP contribution in [-0.2, 0) is 19.1 Å². The summed E-state index contributed by atoms with van der Waals surface area (Å²) in [5.41, 5.74) is 2.41. The number of nitrogens with zero attached hydrogens (tertiary/aromatic N) is 6. The van der Waals surface area contributed by atoms with Crippen LogP contribution in [0.15, 0.2) is 30.6 Å². The number of aliphatic hydroxyl groups is 1. The Bertz CT molecular complexity index is 1270. The maximum Gasteiger partial charge on any atom is 0.433 e. The van der Waals surface area contributed by atoms with Gasteiger partial charge in [0.1, 0.15) is 23.4 Å². The summed E-state index contributed by atoms with van der Waals surface area (Å²) in [7, 11) is 1.92. The van der Waals surface area contributed by atoms with Crippen molar-refractivity contribution in [3.05, 3.63) is 53.1 Å². The molecule has 0 bridgehead atoms. The van der Waals surface area contributed by atoms with Gasteiger partial charge in [-0.05, 0) is 50.5 Å². The molecule has 12 heteroatoms. The Kier molecular flexibility index (Phi) is 6.07. The van der Waals surface area contributed by atoms with Crippen LogP contribution in [0, 0.1) is 6.92 Å². The van der Waals surface area contributed by atoms with Crippen LogP contribution in [-0.4, -0.2) is 50.9 Å². The summed E-state index contributed by atoms with van der Waals surface area (Å²) in [6.45, 7) is 4.96. The van der Waals surface area contributed by atoms with Gasteiger partial charge in [0.25, 0.3) is 0 Å². The maximum atomic E-state index is 12.7. The number of aliphatic hydroxyl groups excluding tert-OH is 1. The quantitative estimate of drug-likeness (QED) is 0.539. The summed E-state index contributed by atoms with van der Waals surface area (Å²) in [6, 6.07) is 3.85. The summed E-state index contributed by atoms with van der Waals surface area (Å²) in [5.74, 6) is 1.74. The first kappa shape index (κ1) is 24.0. The molecule has 0 radical (unpaired) electrons. The molecule has 190 valence electrons. The van der Waals surface area contributed by atoms with Crippen LogP contribution < -0.4 is 19.9 Å². The lowest BCUT2D eigenvalue weighted by molar-refractivity contribution is -0.141. The van der Waals surface area contributed by atoms with Crippen LogP contribution in [0.2, 0.25) is 0 Å². The highest BCUT2D eigenvalue weighted by Gasteiger charge is 2.38. The summed E-state index contributed by atoms with van der Waals surface area (Å²) >= 11 is 0. The van der Waals surface area contributed by atoms with Crippen molar-refractivity contribution in [2.24, 2.45) is 0 Å². The highest BCUT2D eigenvalue weighted by Crippen LogP contribution is 2.41. The van der Waals surface area contributed by atoms with Crippen molar-refractivity contribution in [1.29, 1.82) is 0 Å². The molecule has 0 fully saturated rings. The third-order valence-corrected chi connectivity index (χ3v) is 6.51. The van der Waals surface area contributed by atoms with E-state index in [0.29, 0.717) is 18.1 Å². The Hall–Kier alpha value is -3.67. The fourth-order valence-corrected chi connectivity index (χ4v) is 4.45. The molecule has 0 amide bonds. The molecule has 5 heterocycles. The molecular formula is C24H26F3N7O2. The van der Waals surface area contributed by atoms with Crippen LogP contribution in [0.4, 0.5) is 30.6 Å². The molecule has 5 rings (SSSR count). The molecule has 0 aromatic carbocycles. The van der Waals surface area contributed by atoms with Crippen LogP contribution in [0.5, 0.6) is 11.6 Å². The van der Waals surface area contributed by atoms with Crippen LogP contribution in [0.25, 0.3) is 0 Å². The van der Waals surface area contributed by atoms with E-state index in [1.165, 1.54) is 6.07 Å². The number of aryl methyl sites for hydroxylation is 2. The average molecular weight is 502 g/mol. The van der Waals surface area contributed by atoms with Gasteiger partial charge in [-0.1, -0.05) is 0 Å². The first-order valence-corrected chi connectivity index (χ1v) is 11.6. The monoisotopic (exact) mass is 501 g/mol. The predicted molar refractivity (Wildman–Crippen MR) is 127 cm³/mol. The molecule has 36 heavy (non-hydrogen) atoms. The number of ether oxygens (including phenoxy) is 1. The van der Waals surface area contributed by atoms with E-state index in [9.17, 15) is 18.3 Å². The van der Waals surface area contributed by atoms with Gasteiger partial charge in [0.2, 0.25) is 11.8 Å². The Morgan fingerprint density at radius 3 is 2.69 bits per heavy atom. The zero-order valence-corrected chi connectivity index (χ0v) is 20.0. The van der Waals surface area contributed by atoms with Crippen LogP contribution in [0.3, 0.4) is 0 Å². The Labute approximate surface area is 206 Å². The van der Waals surface area contributed by atoms with Gasteiger partial charge in [0, 0.05) is 31.9 Å². The van der Waals surface area contributed by atoms with E-state index >= 15 is 0 Å². The topological polar surface area (TPSA) is 99.5 Å². The third kappa shape index (κ3) is 4.48. The normalized spacial score (nSPS) is 19.2. The van der Waals surface area contributed by atoms with Crippen molar-refractivity contribution in [3.63, 3.8) is 0 Å². The van der Waals surface area contributed by atoms with Crippen molar-refractivity contribution in [1.82, 2.24) is 19.9 Å². The zero-order chi connectivity index (χ0) is 25.6. The molecule has 2 aliphatic heterocycles. The first-order valence-electron chi connectivity index (χ1n) is 11.6. The number of likely N-dealkylation sites (N-methyl/N-ethyl adjacent to an activating group) is 1. The van der Waals surface area contributed by atoms with E-state index in [2.05, 4.69) is 15.3 Å². The second-order valence-electron chi connectivity index (χ2n) is 9.03. The van der Waals surface area contributed by atoms with Gasteiger partial charge in [-0.2, -0.15) is 18.2 Å². The molecule has 0 saturated heterocycles. The molecule has 2 atom stereocenters. The lowest BCUT2D eigenvalue weighted by Gasteiger charge is -2.46. The minimum Gasteiger partial charge on any atom is -0.437 e. The summed E-state index contributed by atoms with van der Waals surface area (Å²) in [5, 5.41) is 13.9. The van der Waals surface area contributed by atoms with Crippen LogP contribution >= 0.6 is 0 Å². The predicted octanol–water partition coefficient (Wildman–Crippen LogP) is 3.91. The van der Waals surface area contributed by atoms with E-state index in [1.807, 2.05) is 29.8 Å². The highest BCUT2D eigenvalue weighted by atomic mass is 19.4. The fourth-order valence-electron chi connectivity index (χ4n) is 4.45. The number of alkyl halides is 3.